The van der Waals surface area contributed by atoms with Crippen molar-refractivity contribution in [3.63, 3.8) is 0 Å². The highest BCUT2D eigenvalue weighted by Crippen LogP contribution is 2.37. The van der Waals surface area contributed by atoms with Crippen molar-refractivity contribution in [2.24, 2.45) is 5.41 Å². The van der Waals surface area contributed by atoms with E-state index in [0.717, 1.165) is 41.4 Å². The molecule has 1 fully saturated rings. The molecule has 2 aliphatic rings. The summed E-state index contributed by atoms with van der Waals surface area (Å²) in [5.74, 6) is -0.347. The third-order valence-corrected chi connectivity index (χ3v) is 6.79. The van der Waals surface area contributed by atoms with E-state index in [4.69, 9.17) is 9.47 Å². The van der Waals surface area contributed by atoms with Crippen molar-refractivity contribution in [2.45, 2.75) is 52.5 Å². The summed E-state index contributed by atoms with van der Waals surface area (Å²) in [6, 6.07) is 0. The summed E-state index contributed by atoms with van der Waals surface area (Å²) in [4.78, 5) is 29.3. The number of nitrogens with one attached hydrogen (secondary N) is 1. The standard InChI is InChI=1S/C21H28N4O4S/c1-3-16-19-17(11-21(13-22-20(19)27)4-7-28-8-5-21)25(24-16)6-9-29-18(26)10-15-12-30-14(2)23-15/h12H,3-11,13H2,1-2H3,(H,22,27). The summed E-state index contributed by atoms with van der Waals surface area (Å²) in [6.07, 6.45) is 3.47. The van der Waals surface area contributed by atoms with Gasteiger partial charge in [-0.2, -0.15) is 5.10 Å². The van der Waals surface area contributed by atoms with Crippen molar-refractivity contribution in [3.05, 3.63) is 33.0 Å². The van der Waals surface area contributed by atoms with E-state index in [2.05, 4.69) is 15.4 Å². The zero-order valence-corrected chi connectivity index (χ0v) is 18.3. The Morgan fingerprint density at radius 1 is 1.40 bits per heavy atom. The molecule has 4 heterocycles. The number of ether oxygens (including phenoxy) is 2. The number of hydrogen-bond donors (Lipinski definition) is 1. The van der Waals surface area contributed by atoms with Gasteiger partial charge in [-0.1, -0.05) is 6.92 Å². The lowest BCUT2D eigenvalue weighted by atomic mass is 9.76. The van der Waals surface area contributed by atoms with Crippen LogP contribution < -0.4 is 5.32 Å². The number of rotatable bonds is 6. The molecule has 0 atom stereocenters. The summed E-state index contributed by atoms with van der Waals surface area (Å²) in [5.41, 5.74) is 3.19. The predicted molar refractivity (Wildman–Crippen MR) is 112 cm³/mol. The number of hydrogen-bond acceptors (Lipinski definition) is 7. The quantitative estimate of drug-likeness (QED) is 0.703. The van der Waals surface area contributed by atoms with Gasteiger partial charge in [-0.3, -0.25) is 14.3 Å². The van der Waals surface area contributed by atoms with Crippen LogP contribution in [0.15, 0.2) is 5.38 Å². The molecule has 9 heteroatoms. The molecule has 162 valence electrons. The Kier molecular flexibility index (Phi) is 6.19. The van der Waals surface area contributed by atoms with Crippen LogP contribution in [-0.2, 0) is 40.1 Å². The van der Waals surface area contributed by atoms with Crippen molar-refractivity contribution >= 4 is 23.2 Å². The summed E-state index contributed by atoms with van der Waals surface area (Å²) in [7, 11) is 0. The van der Waals surface area contributed by atoms with Gasteiger partial charge in [0.15, 0.2) is 0 Å². The van der Waals surface area contributed by atoms with Crippen LogP contribution in [0.5, 0.6) is 0 Å². The highest BCUT2D eigenvalue weighted by molar-refractivity contribution is 7.09. The number of carbonyl (C=O) groups is 2. The van der Waals surface area contributed by atoms with Crippen LogP contribution in [0.2, 0.25) is 0 Å². The highest BCUT2D eigenvalue weighted by atomic mass is 32.1. The van der Waals surface area contributed by atoms with E-state index >= 15 is 0 Å². The van der Waals surface area contributed by atoms with E-state index in [1.54, 1.807) is 0 Å². The Morgan fingerprint density at radius 2 is 2.20 bits per heavy atom. The second-order valence-electron chi connectivity index (χ2n) is 8.07. The lowest BCUT2D eigenvalue weighted by Crippen LogP contribution is -2.40. The molecule has 0 unspecified atom stereocenters. The molecular formula is C21H28N4O4S. The maximum Gasteiger partial charge on any atom is 0.311 e. The van der Waals surface area contributed by atoms with Gasteiger partial charge >= 0.3 is 5.97 Å². The molecule has 0 radical (unpaired) electrons. The van der Waals surface area contributed by atoms with Gasteiger partial charge in [0.2, 0.25) is 0 Å². The average Bonchev–Trinajstić information content (AvgIpc) is 3.26. The molecule has 1 N–H and O–H groups in total. The molecule has 0 bridgehead atoms. The Bertz CT molecular complexity index is 930. The van der Waals surface area contributed by atoms with Crippen LogP contribution in [0, 0.1) is 12.3 Å². The van der Waals surface area contributed by atoms with Gasteiger partial charge in [0.05, 0.1) is 40.6 Å². The van der Waals surface area contributed by atoms with E-state index < -0.39 is 0 Å². The van der Waals surface area contributed by atoms with Crippen molar-refractivity contribution in [1.29, 1.82) is 0 Å². The molecule has 2 aliphatic heterocycles. The number of aromatic nitrogens is 3. The number of carbonyl (C=O) groups excluding carboxylic acids is 2. The number of aryl methyl sites for hydroxylation is 2. The first kappa shape index (κ1) is 21.0. The van der Waals surface area contributed by atoms with Crippen molar-refractivity contribution in [3.8, 4) is 0 Å². The topological polar surface area (TPSA) is 95.3 Å². The first-order chi connectivity index (χ1) is 14.5. The fraction of sp³-hybridized carbons (Fsp3) is 0.619. The normalized spacial score (nSPS) is 18.0. The molecule has 0 aliphatic carbocycles. The van der Waals surface area contributed by atoms with E-state index in [0.29, 0.717) is 38.3 Å². The minimum atomic E-state index is -0.298. The second kappa shape index (κ2) is 8.85. The van der Waals surface area contributed by atoms with Crippen LogP contribution in [0.1, 0.15) is 52.2 Å². The van der Waals surface area contributed by atoms with Gasteiger partial charge in [0.25, 0.3) is 5.91 Å². The maximum absolute atomic E-state index is 12.8. The molecular weight excluding hydrogens is 404 g/mol. The largest absolute Gasteiger partial charge is 0.463 e. The smallest absolute Gasteiger partial charge is 0.311 e. The number of fused-ring (bicyclic) bond motifs is 1. The maximum atomic E-state index is 12.8. The zero-order chi connectivity index (χ0) is 21.1. The van der Waals surface area contributed by atoms with Crippen LogP contribution in [0.25, 0.3) is 0 Å². The number of nitrogens with zero attached hydrogens (tertiary/aromatic N) is 3. The highest BCUT2D eigenvalue weighted by Gasteiger charge is 2.39. The zero-order valence-electron chi connectivity index (χ0n) is 17.5. The summed E-state index contributed by atoms with van der Waals surface area (Å²) in [5, 5.41) is 10.6. The third-order valence-electron chi connectivity index (χ3n) is 5.97. The van der Waals surface area contributed by atoms with Gasteiger partial charge in [-0.25, -0.2) is 4.98 Å². The summed E-state index contributed by atoms with van der Waals surface area (Å²) >= 11 is 1.52. The molecule has 4 rings (SSSR count). The molecule has 1 spiro atoms. The molecule has 30 heavy (non-hydrogen) atoms. The lowest BCUT2D eigenvalue weighted by Gasteiger charge is -2.36. The van der Waals surface area contributed by atoms with Crippen molar-refractivity contribution < 1.29 is 19.1 Å². The first-order valence-corrected chi connectivity index (χ1v) is 11.4. The van der Waals surface area contributed by atoms with Crippen molar-refractivity contribution in [2.75, 3.05) is 26.4 Å². The molecule has 1 saturated heterocycles. The Balaban J connectivity index is 1.47. The van der Waals surface area contributed by atoms with Gasteiger partial charge in [0.1, 0.15) is 6.61 Å². The molecule has 8 nitrogen and oxygen atoms in total. The second-order valence-corrected chi connectivity index (χ2v) is 9.13. The van der Waals surface area contributed by atoms with Gasteiger partial charge in [-0.05, 0) is 38.0 Å². The van der Waals surface area contributed by atoms with Gasteiger partial charge in [0, 0.05) is 25.1 Å². The van der Waals surface area contributed by atoms with E-state index in [9.17, 15) is 9.59 Å². The Morgan fingerprint density at radius 3 is 2.90 bits per heavy atom. The fourth-order valence-electron chi connectivity index (χ4n) is 4.29. The minimum Gasteiger partial charge on any atom is -0.463 e. The average molecular weight is 433 g/mol. The third kappa shape index (κ3) is 4.41. The molecule has 0 aromatic carbocycles. The minimum absolute atomic E-state index is 0.00110. The Labute approximate surface area is 180 Å². The number of thiazole rings is 1. The molecule has 2 aromatic heterocycles. The first-order valence-electron chi connectivity index (χ1n) is 10.5. The fourth-order valence-corrected chi connectivity index (χ4v) is 4.90. The van der Waals surface area contributed by atoms with E-state index in [1.165, 1.54) is 11.3 Å². The monoisotopic (exact) mass is 432 g/mol. The van der Waals surface area contributed by atoms with Gasteiger partial charge in [-0.15, -0.1) is 11.3 Å². The lowest BCUT2D eigenvalue weighted by molar-refractivity contribution is -0.143. The van der Waals surface area contributed by atoms with Crippen LogP contribution in [0.4, 0.5) is 0 Å². The predicted octanol–water partition coefficient (Wildman–Crippen LogP) is 2.08. The van der Waals surface area contributed by atoms with Crippen molar-refractivity contribution in [1.82, 2.24) is 20.1 Å². The summed E-state index contributed by atoms with van der Waals surface area (Å²) in [6.45, 7) is 6.66. The van der Waals surface area contributed by atoms with E-state index in [1.807, 2.05) is 23.9 Å². The number of esters is 1. The summed E-state index contributed by atoms with van der Waals surface area (Å²) < 4.78 is 12.9. The molecule has 1 amide bonds. The molecule has 0 saturated carbocycles. The van der Waals surface area contributed by atoms with Crippen LogP contribution >= 0.6 is 11.3 Å². The van der Waals surface area contributed by atoms with Gasteiger partial charge < -0.3 is 14.8 Å². The van der Waals surface area contributed by atoms with Crippen LogP contribution in [0.3, 0.4) is 0 Å². The number of amides is 1. The molecule has 2 aromatic rings. The SMILES string of the molecule is CCc1nn(CCOC(=O)Cc2csc(C)n2)c2c1C(=O)NCC1(CCOCC1)C2. The van der Waals surface area contributed by atoms with Crippen LogP contribution in [-0.4, -0.2) is 53.0 Å². The Hall–Kier alpha value is -2.26. The van der Waals surface area contributed by atoms with E-state index in [-0.39, 0.29) is 30.3 Å².